The summed E-state index contributed by atoms with van der Waals surface area (Å²) in [7, 11) is 0. The lowest BCUT2D eigenvalue weighted by atomic mass is 9.93. The molecule has 3 nitrogen and oxygen atoms in total. The Kier molecular flexibility index (Phi) is 4.75. The second kappa shape index (κ2) is 6.32. The van der Waals surface area contributed by atoms with Crippen molar-refractivity contribution in [2.75, 3.05) is 26.2 Å². The van der Waals surface area contributed by atoms with Gasteiger partial charge < -0.3 is 10.8 Å². The van der Waals surface area contributed by atoms with Crippen molar-refractivity contribution >= 4 is 0 Å². The second-order valence-corrected chi connectivity index (χ2v) is 5.27. The summed E-state index contributed by atoms with van der Waals surface area (Å²) in [5.74, 6) is 0.483. The number of aliphatic hydroxyl groups excluding tert-OH is 1. The molecule has 1 fully saturated rings. The van der Waals surface area contributed by atoms with E-state index in [-0.39, 0.29) is 0 Å². The van der Waals surface area contributed by atoms with Crippen LogP contribution in [0.5, 0.6) is 0 Å². The van der Waals surface area contributed by atoms with Crippen LogP contribution in [0.25, 0.3) is 0 Å². The lowest BCUT2D eigenvalue weighted by molar-refractivity contribution is 0.102. The van der Waals surface area contributed by atoms with E-state index in [0.29, 0.717) is 25.1 Å². The van der Waals surface area contributed by atoms with Crippen LogP contribution in [-0.4, -0.2) is 36.2 Å². The van der Waals surface area contributed by atoms with Crippen LogP contribution in [0.3, 0.4) is 0 Å². The van der Waals surface area contributed by atoms with Crippen molar-refractivity contribution in [2.24, 2.45) is 11.7 Å². The summed E-state index contributed by atoms with van der Waals surface area (Å²) in [6, 6.07) is 8.82. The smallest absolute Gasteiger partial charge is 0.0473 e. The first-order valence-electron chi connectivity index (χ1n) is 6.86. The van der Waals surface area contributed by atoms with Crippen molar-refractivity contribution < 1.29 is 5.11 Å². The van der Waals surface area contributed by atoms with Gasteiger partial charge in [0.15, 0.2) is 0 Å². The van der Waals surface area contributed by atoms with Crippen molar-refractivity contribution in [3.8, 4) is 0 Å². The van der Waals surface area contributed by atoms with E-state index >= 15 is 0 Å². The maximum absolute atomic E-state index is 9.19. The summed E-state index contributed by atoms with van der Waals surface area (Å²) >= 11 is 0. The number of piperidine rings is 1. The van der Waals surface area contributed by atoms with Crippen LogP contribution in [-0.2, 0) is 0 Å². The van der Waals surface area contributed by atoms with Gasteiger partial charge in [0.25, 0.3) is 0 Å². The molecular weight excluding hydrogens is 224 g/mol. The maximum Gasteiger partial charge on any atom is 0.0473 e. The normalized spacial score (nSPS) is 19.9. The summed E-state index contributed by atoms with van der Waals surface area (Å²) < 4.78 is 0. The van der Waals surface area contributed by atoms with Gasteiger partial charge >= 0.3 is 0 Å². The van der Waals surface area contributed by atoms with Crippen LogP contribution in [0, 0.1) is 12.8 Å². The van der Waals surface area contributed by atoms with Gasteiger partial charge in [-0.15, -0.1) is 0 Å². The molecule has 1 saturated heterocycles. The molecule has 1 aliphatic heterocycles. The second-order valence-electron chi connectivity index (χ2n) is 5.27. The number of hydrogen-bond donors (Lipinski definition) is 2. The number of nitrogens with two attached hydrogens (primary N) is 1. The van der Waals surface area contributed by atoms with Crippen LogP contribution >= 0.6 is 0 Å². The van der Waals surface area contributed by atoms with E-state index in [4.69, 9.17) is 5.73 Å². The van der Waals surface area contributed by atoms with E-state index < -0.39 is 0 Å². The van der Waals surface area contributed by atoms with Gasteiger partial charge in [-0.2, -0.15) is 0 Å². The molecule has 2 rings (SSSR count). The van der Waals surface area contributed by atoms with Crippen LogP contribution in [0.1, 0.15) is 30.0 Å². The highest BCUT2D eigenvalue weighted by Gasteiger charge is 2.25. The number of likely N-dealkylation sites (tertiary alicyclic amines) is 1. The fourth-order valence-corrected chi connectivity index (χ4v) is 2.88. The molecule has 100 valence electrons. The standard InChI is InChI=1S/C15H24N2O/c1-12-4-2-3-5-14(12)15(10-16)17-8-6-13(11-18)7-9-17/h2-5,13,15,18H,6-11,16H2,1H3. The maximum atomic E-state index is 9.19. The van der Waals surface area contributed by atoms with Gasteiger partial charge in [0.05, 0.1) is 0 Å². The Hall–Kier alpha value is -0.900. The lowest BCUT2D eigenvalue weighted by Gasteiger charge is -2.37. The highest BCUT2D eigenvalue weighted by molar-refractivity contribution is 5.29. The third kappa shape index (κ3) is 2.91. The van der Waals surface area contributed by atoms with E-state index in [1.54, 1.807) is 0 Å². The highest BCUT2D eigenvalue weighted by Crippen LogP contribution is 2.27. The summed E-state index contributed by atoms with van der Waals surface area (Å²) in [5.41, 5.74) is 8.65. The molecule has 3 N–H and O–H groups in total. The molecule has 18 heavy (non-hydrogen) atoms. The van der Waals surface area contributed by atoms with Crippen LogP contribution in [0.2, 0.25) is 0 Å². The fraction of sp³-hybridized carbons (Fsp3) is 0.600. The molecule has 0 saturated carbocycles. The van der Waals surface area contributed by atoms with Gasteiger partial charge in [-0.25, -0.2) is 0 Å². The average Bonchev–Trinajstić information content (AvgIpc) is 2.42. The summed E-state index contributed by atoms with van der Waals surface area (Å²) in [4.78, 5) is 2.47. The predicted molar refractivity (Wildman–Crippen MR) is 74.4 cm³/mol. The van der Waals surface area contributed by atoms with E-state index in [2.05, 4.69) is 36.1 Å². The fourth-order valence-electron chi connectivity index (χ4n) is 2.88. The first-order valence-corrected chi connectivity index (χ1v) is 6.86. The monoisotopic (exact) mass is 248 g/mol. The molecule has 1 unspecified atom stereocenters. The zero-order valence-electron chi connectivity index (χ0n) is 11.2. The van der Waals surface area contributed by atoms with E-state index in [1.807, 2.05) is 0 Å². The summed E-state index contributed by atoms with van der Waals surface area (Å²) in [6.45, 7) is 5.22. The third-order valence-corrected chi connectivity index (χ3v) is 4.12. The molecule has 1 heterocycles. The topological polar surface area (TPSA) is 49.5 Å². The SMILES string of the molecule is Cc1ccccc1C(CN)N1CCC(CO)CC1. The van der Waals surface area contributed by atoms with Crippen molar-refractivity contribution in [2.45, 2.75) is 25.8 Å². The largest absolute Gasteiger partial charge is 0.396 e. The highest BCUT2D eigenvalue weighted by atomic mass is 16.3. The molecule has 0 aliphatic carbocycles. The van der Waals surface area contributed by atoms with Crippen LogP contribution in [0.4, 0.5) is 0 Å². The molecule has 3 heteroatoms. The molecular formula is C15H24N2O. The molecule has 0 spiro atoms. The van der Waals surface area contributed by atoms with Gasteiger partial charge in [0.1, 0.15) is 0 Å². The predicted octanol–water partition coefficient (Wildman–Crippen LogP) is 1.70. The van der Waals surface area contributed by atoms with E-state index in [1.165, 1.54) is 11.1 Å². The van der Waals surface area contributed by atoms with Crippen molar-refractivity contribution in [1.82, 2.24) is 4.90 Å². The van der Waals surface area contributed by atoms with Crippen molar-refractivity contribution in [1.29, 1.82) is 0 Å². The Labute approximate surface area is 110 Å². The Morgan fingerprint density at radius 1 is 1.33 bits per heavy atom. The lowest BCUT2D eigenvalue weighted by Crippen LogP contribution is -2.40. The molecule has 0 amide bonds. The first kappa shape index (κ1) is 13.5. The quantitative estimate of drug-likeness (QED) is 0.852. The molecule has 0 bridgehead atoms. The Morgan fingerprint density at radius 2 is 2.00 bits per heavy atom. The van der Waals surface area contributed by atoms with Gasteiger partial charge in [-0.1, -0.05) is 24.3 Å². The minimum atomic E-state index is 0.325. The zero-order chi connectivity index (χ0) is 13.0. The van der Waals surface area contributed by atoms with Crippen molar-refractivity contribution in [3.63, 3.8) is 0 Å². The van der Waals surface area contributed by atoms with Crippen LogP contribution in [0.15, 0.2) is 24.3 Å². The van der Waals surface area contributed by atoms with Crippen LogP contribution < -0.4 is 5.73 Å². The van der Waals surface area contributed by atoms with E-state index in [0.717, 1.165) is 25.9 Å². The Bertz CT molecular complexity index is 373. The number of hydrogen-bond acceptors (Lipinski definition) is 3. The zero-order valence-corrected chi connectivity index (χ0v) is 11.2. The molecule has 1 aromatic rings. The average molecular weight is 248 g/mol. The molecule has 0 radical (unpaired) electrons. The van der Waals surface area contributed by atoms with Gasteiger partial charge in [-0.3, -0.25) is 4.90 Å². The summed E-state index contributed by atoms with van der Waals surface area (Å²) in [6.07, 6.45) is 2.16. The summed E-state index contributed by atoms with van der Waals surface area (Å²) in [5, 5.41) is 9.19. The minimum absolute atomic E-state index is 0.325. The number of benzene rings is 1. The first-order chi connectivity index (χ1) is 8.76. The van der Waals surface area contributed by atoms with E-state index in [9.17, 15) is 5.11 Å². The molecule has 1 aliphatic rings. The Balaban J connectivity index is 2.08. The number of rotatable bonds is 4. The van der Waals surface area contributed by atoms with Gasteiger partial charge in [0.2, 0.25) is 0 Å². The molecule has 0 aromatic heterocycles. The molecule has 1 atom stereocenters. The number of aryl methyl sites for hydroxylation is 1. The van der Waals surface area contributed by atoms with Crippen molar-refractivity contribution in [3.05, 3.63) is 35.4 Å². The van der Waals surface area contributed by atoms with Gasteiger partial charge in [0, 0.05) is 19.2 Å². The minimum Gasteiger partial charge on any atom is -0.396 e. The number of nitrogens with zero attached hydrogens (tertiary/aromatic N) is 1. The number of aliphatic hydroxyl groups is 1. The van der Waals surface area contributed by atoms with Gasteiger partial charge in [-0.05, 0) is 49.9 Å². The Morgan fingerprint density at radius 3 is 2.56 bits per heavy atom. The molecule has 1 aromatic carbocycles. The third-order valence-electron chi connectivity index (χ3n) is 4.12.